The number of hydrogen-bond donors (Lipinski definition) is 0. The second kappa shape index (κ2) is 4.40. The maximum atomic E-state index is 11.1. The van der Waals surface area contributed by atoms with Gasteiger partial charge >= 0.3 is 5.97 Å². The molecule has 0 amide bonds. The van der Waals surface area contributed by atoms with Crippen molar-refractivity contribution in [1.82, 2.24) is 4.98 Å². The molecule has 0 aliphatic rings. The maximum Gasteiger partial charge on any atom is 0.339 e. The Bertz CT molecular complexity index is 327. The van der Waals surface area contributed by atoms with Gasteiger partial charge in [-0.25, -0.2) is 9.78 Å². The predicted octanol–water partition coefficient (Wildman–Crippen LogP) is 1.48. The summed E-state index contributed by atoms with van der Waals surface area (Å²) in [5.41, 5.74) is 0.389. The molecular weight excluding hydrogens is 285 g/mol. The second-order valence-electron chi connectivity index (χ2n) is 2.21. The highest BCUT2D eigenvalue weighted by atomic mass is 127. The minimum atomic E-state index is -0.415. The molecule has 0 aliphatic carbocycles. The number of carbonyl (C=O) groups is 1. The van der Waals surface area contributed by atoms with Gasteiger partial charge in [0.05, 0.1) is 19.8 Å². The normalized spacial score (nSPS) is 9.46. The van der Waals surface area contributed by atoms with Crippen molar-refractivity contribution in [3.8, 4) is 5.75 Å². The van der Waals surface area contributed by atoms with Crippen LogP contribution in [0.2, 0.25) is 0 Å². The van der Waals surface area contributed by atoms with Crippen LogP contribution in [0.1, 0.15) is 10.4 Å². The topological polar surface area (TPSA) is 48.4 Å². The lowest BCUT2D eigenvalue weighted by molar-refractivity contribution is 0.0600. The van der Waals surface area contributed by atoms with E-state index < -0.39 is 5.97 Å². The minimum Gasteiger partial charge on any atom is -0.494 e. The second-order valence-corrected chi connectivity index (χ2v) is 3.23. The Morgan fingerprint density at radius 3 is 2.77 bits per heavy atom. The van der Waals surface area contributed by atoms with Gasteiger partial charge in [0.15, 0.2) is 5.75 Å². The summed E-state index contributed by atoms with van der Waals surface area (Å²) in [7, 11) is 2.85. The average Bonchev–Trinajstić information content (AvgIpc) is 2.17. The SMILES string of the molecule is COC(=O)c1cnc(I)c(OC)c1. The molecule has 4 nitrogen and oxygen atoms in total. The van der Waals surface area contributed by atoms with Gasteiger partial charge in [-0.05, 0) is 28.7 Å². The molecule has 1 heterocycles. The van der Waals surface area contributed by atoms with Crippen LogP contribution in [0.15, 0.2) is 12.3 Å². The quantitative estimate of drug-likeness (QED) is 0.471. The third kappa shape index (κ3) is 2.30. The molecule has 0 atom stereocenters. The smallest absolute Gasteiger partial charge is 0.339 e. The molecule has 13 heavy (non-hydrogen) atoms. The molecule has 0 aliphatic heterocycles. The van der Waals surface area contributed by atoms with Crippen molar-refractivity contribution in [1.29, 1.82) is 0 Å². The molecule has 0 saturated carbocycles. The average molecular weight is 293 g/mol. The minimum absolute atomic E-state index is 0.389. The summed E-state index contributed by atoms with van der Waals surface area (Å²) in [6.45, 7) is 0. The van der Waals surface area contributed by atoms with E-state index in [9.17, 15) is 4.79 Å². The third-order valence-corrected chi connectivity index (χ3v) is 2.26. The molecule has 1 rings (SSSR count). The van der Waals surface area contributed by atoms with E-state index in [1.54, 1.807) is 6.07 Å². The lowest BCUT2D eigenvalue weighted by atomic mass is 10.3. The van der Waals surface area contributed by atoms with Crippen LogP contribution in [0.25, 0.3) is 0 Å². The number of hydrogen-bond acceptors (Lipinski definition) is 4. The van der Waals surface area contributed by atoms with Crippen LogP contribution >= 0.6 is 22.6 Å². The first-order valence-electron chi connectivity index (χ1n) is 3.47. The number of halogens is 1. The highest BCUT2D eigenvalue weighted by Gasteiger charge is 2.09. The van der Waals surface area contributed by atoms with Gasteiger partial charge < -0.3 is 9.47 Å². The van der Waals surface area contributed by atoms with Crippen molar-refractivity contribution < 1.29 is 14.3 Å². The summed E-state index contributed by atoms with van der Waals surface area (Å²) in [4.78, 5) is 15.1. The number of pyridine rings is 1. The molecule has 1 aromatic heterocycles. The van der Waals surface area contributed by atoms with Crippen LogP contribution in [0.5, 0.6) is 5.75 Å². The van der Waals surface area contributed by atoms with Crippen molar-refractivity contribution in [3.05, 3.63) is 21.5 Å². The molecule has 0 spiro atoms. The van der Waals surface area contributed by atoms with Crippen LogP contribution in [0, 0.1) is 3.70 Å². The predicted molar refractivity (Wildman–Crippen MR) is 54.8 cm³/mol. The monoisotopic (exact) mass is 293 g/mol. The van der Waals surface area contributed by atoms with Crippen molar-refractivity contribution in [2.45, 2.75) is 0 Å². The standard InChI is InChI=1S/C8H8INO3/c1-12-6-3-5(8(11)13-2)4-10-7(6)9/h3-4H,1-2H3. The molecular formula is C8H8INO3. The zero-order valence-electron chi connectivity index (χ0n) is 7.20. The van der Waals surface area contributed by atoms with Crippen LogP contribution in [0.3, 0.4) is 0 Å². The Kier molecular flexibility index (Phi) is 3.47. The van der Waals surface area contributed by atoms with E-state index in [1.165, 1.54) is 20.4 Å². The van der Waals surface area contributed by atoms with E-state index in [4.69, 9.17) is 4.74 Å². The molecule has 0 saturated heterocycles. The fourth-order valence-electron chi connectivity index (χ4n) is 0.801. The highest BCUT2D eigenvalue weighted by Crippen LogP contribution is 2.19. The number of nitrogens with zero attached hydrogens (tertiary/aromatic N) is 1. The lowest BCUT2D eigenvalue weighted by Gasteiger charge is -2.03. The zero-order chi connectivity index (χ0) is 9.84. The molecule has 5 heteroatoms. The van der Waals surface area contributed by atoms with E-state index in [-0.39, 0.29) is 0 Å². The summed E-state index contributed by atoms with van der Waals surface area (Å²) in [6, 6.07) is 1.60. The molecule has 0 N–H and O–H groups in total. The van der Waals surface area contributed by atoms with Crippen molar-refractivity contribution in [2.24, 2.45) is 0 Å². The van der Waals surface area contributed by atoms with Gasteiger partial charge in [-0.1, -0.05) is 0 Å². The molecule has 70 valence electrons. The van der Waals surface area contributed by atoms with Gasteiger partial charge in [0, 0.05) is 6.20 Å². The number of ether oxygens (including phenoxy) is 2. The highest BCUT2D eigenvalue weighted by molar-refractivity contribution is 14.1. The van der Waals surface area contributed by atoms with Crippen LogP contribution in [0.4, 0.5) is 0 Å². The van der Waals surface area contributed by atoms with E-state index in [1.807, 2.05) is 22.6 Å². The lowest BCUT2D eigenvalue weighted by Crippen LogP contribution is -2.03. The Morgan fingerprint density at radius 2 is 2.23 bits per heavy atom. The number of carbonyl (C=O) groups excluding carboxylic acids is 1. The molecule has 1 aromatic rings. The molecule has 0 unspecified atom stereocenters. The van der Waals surface area contributed by atoms with Crippen LogP contribution in [-0.4, -0.2) is 25.2 Å². The van der Waals surface area contributed by atoms with Gasteiger partial charge in [0.2, 0.25) is 0 Å². The molecule has 0 radical (unpaired) electrons. The fraction of sp³-hybridized carbons (Fsp3) is 0.250. The summed E-state index contributed by atoms with van der Waals surface area (Å²) in [5, 5.41) is 0. The Labute approximate surface area is 89.4 Å². The number of rotatable bonds is 2. The number of esters is 1. The third-order valence-electron chi connectivity index (χ3n) is 1.45. The summed E-state index contributed by atoms with van der Waals surface area (Å²) in [5.74, 6) is 0.158. The van der Waals surface area contributed by atoms with Gasteiger partial charge in [0.25, 0.3) is 0 Å². The van der Waals surface area contributed by atoms with Gasteiger partial charge in [-0.2, -0.15) is 0 Å². The van der Waals surface area contributed by atoms with E-state index >= 15 is 0 Å². The number of aromatic nitrogens is 1. The Balaban J connectivity index is 3.06. The van der Waals surface area contributed by atoms with Crippen molar-refractivity contribution >= 4 is 28.6 Å². The Morgan fingerprint density at radius 1 is 1.54 bits per heavy atom. The number of methoxy groups -OCH3 is 2. The summed E-state index contributed by atoms with van der Waals surface area (Å²) < 4.78 is 10.3. The van der Waals surface area contributed by atoms with Gasteiger partial charge in [0.1, 0.15) is 3.70 Å². The first-order chi connectivity index (χ1) is 6.19. The maximum absolute atomic E-state index is 11.1. The van der Waals surface area contributed by atoms with Gasteiger partial charge in [-0.15, -0.1) is 0 Å². The largest absolute Gasteiger partial charge is 0.494 e. The van der Waals surface area contributed by atoms with E-state index in [2.05, 4.69) is 9.72 Å². The first kappa shape index (κ1) is 10.2. The van der Waals surface area contributed by atoms with Crippen molar-refractivity contribution in [3.63, 3.8) is 0 Å². The molecule has 0 bridgehead atoms. The molecule has 0 fully saturated rings. The fourth-order valence-corrected chi connectivity index (χ4v) is 1.32. The Hall–Kier alpha value is -0.850. The van der Waals surface area contributed by atoms with Crippen molar-refractivity contribution in [2.75, 3.05) is 14.2 Å². The first-order valence-corrected chi connectivity index (χ1v) is 4.54. The van der Waals surface area contributed by atoms with Gasteiger partial charge in [-0.3, -0.25) is 0 Å². The summed E-state index contributed by atoms with van der Waals surface area (Å²) >= 11 is 2.02. The van der Waals surface area contributed by atoms with E-state index in [0.717, 1.165) is 0 Å². The molecule has 0 aromatic carbocycles. The van der Waals surface area contributed by atoms with Crippen LogP contribution in [-0.2, 0) is 4.74 Å². The zero-order valence-corrected chi connectivity index (χ0v) is 9.36. The van der Waals surface area contributed by atoms with Crippen LogP contribution < -0.4 is 4.74 Å². The summed E-state index contributed by atoms with van der Waals surface area (Å²) in [6.07, 6.45) is 1.45. The van der Waals surface area contributed by atoms with E-state index in [0.29, 0.717) is 15.0 Å².